The molecule has 5 rings (SSSR count). The Labute approximate surface area is 238 Å². The topological polar surface area (TPSA) is 86.1 Å². The van der Waals surface area contributed by atoms with Gasteiger partial charge in [-0.2, -0.15) is 4.98 Å². The van der Waals surface area contributed by atoms with Crippen molar-refractivity contribution in [2.45, 2.75) is 20.0 Å². The van der Waals surface area contributed by atoms with Crippen LogP contribution in [-0.2, 0) is 13.0 Å². The lowest BCUT2D eigenvalue weighted by Crippen LogP contribution is -2.46. The molecular weight excluding hydrogens is 558 g/mol. The van der Waals surface area contributed by atoms with Crippen LogP contribution in [-0.4, -0.2) is 53.2 Å². The molecule has 200 valence electrons. The number of halogens is 4. The van der Waals surface area contributed by atoms with E-state index < -0.39 is 0 Å². The molecule has 1 saturated heterocycles. The number of aromatic nitrogens is 2. The van der Waals surface area contributed by atoms with Crippen molar-refractivity contribution < 1.29 is 14.7 Å². The second-order valence-electron chi connectivity index (χ2n) is 8.39. The lowest BCUT2D eigenvalue weighted by molar-refractivity contribution is 0.271. The second kappa shape index (κ2) is 14.0. The minimum Gasteiger partial charge on any atom is -0.485 e. The van der Waals surface area contributed by atoms with Crippen LogP contribution in [0.3, 0.4) is 0 Å². The van der Waals surface area contributed by atoms with E-state index in [1.165, 1.54) is 16.5 Å². The zero-order valence-corrected chi connectivity index (χ0v) is 23.5. The van der Waals surface area contributed by atoms with E-state index in [2.05, 4.69) is 57.2 Å². The average molecular weight is 588 g/mol. The highest BCUT2D eigenvalue weighted by atomic mass is 35.5. The molecule has 0 unspecified atom stereocenters. The third kappa shape index (κ3) is 7.41. The molecule has 2 heterocycles. The van der Waals surface area contributed by atoms with Crippen LogP contribution in [0.1, 0.15) is 24.2 Å². The molecule has 1 fully saturated rings. The van der Waals surface area contributed by atoms with Crippen LogP contribution >= 0.6 is 48.0 Å². The summed E-state index contributed by atoms with van der Waals surface area (Å²) in [4.78, 5) is 9.39. The average Bonchev–Trinajstić information content (AvgIpc) is 3.31. The van der Waals surface area contributed by atoms with E-state index in [9.17, 15) is 0 Å². The van der Waals surface area contributed by atoms with E-state index in [0.717, 1.165) is 44.0 Å². The number of rotatable bonds is 7. The first-order valence-corrected chi connectivity index (χ1v) is 12.2. The van der Waals surface area contributed by atoms with Crippen LogP contribution in [0.2, 0.25) is 10.0 Å². The number of ether oxygens (including phenoxy) is 1. The van der Waals surface area contributed by atoms with Gasteiger partial charge in [-0.1, -0.05) is 59.5 Å². The standard InChI is InChI=1S/C26H26Cl2N4O2.2ClH.H2O/c1-2-31-10-12-32(13-11-31)24-5-3-4-18-7-9-21(16-22(18)24)33-17-25-29-26(34-30-25)14-19-6-8-20(27)15-23(19)28;;;/h3-9,15-16H,2,10-14,17H2,1H3;2*1H;1H2. The van der Waals surface area contributed by atoms with Crippen LogP contribution in [0.15, 0.2) is 59.1 Å². The summed E-state index contributed by atoms with van der Waals surface area (Å²) in [5, 5.41) is 7.61. The number of hydrogen-bond acceptors (Lipinski definition) is 6. The first-order chi connectivity index (χ1) is 16.6. The van der Waals surface area contributed by atoms with E-state index in [4.69, 9.17) is 32.5 Å². The molecule has 1 aliphatic heterocycles. The smallest absolute Gasteiger partial charge is 0.231 e. The normalized spacial score (nSPS) is 13.4. The number of likely N-dealkylation sites (N-methyl/N-ethyl adjacent to an activating group) is 1. The fourth-order valence-corrected chi connectivity index (χ4v) is 4.78. The molecule has 37 heavy (non-hydrogen) atoms. The van der Waals surface area contributed by atoms with E-state index in [0.29, 0.717) is 28.2 Å². The predicted molar refractivity (Wildman–Crippen MR) is 154 cm³/mol. The minimum absolute atomic E-state index is 0. The summed E-state index contributed by atoms with van der Waals surface area (Å²) in [6.45, 7) is 7.78. The Kier molecular flexibility index (Phi) is 11.8. The fourth-order valence-electron chi connectivity index (χ4n) is 4.30. The summed E-state index contributed by atoms with van der Waals surface area (Å²) < 4.78 is 11.4. The second-order valence-corrected chi connectivity index (χ2v) is 9.23. The Morgan fingerprint density at radius 2 is 1.76 bits per heavy atom. The fraction of sp³-hybridized carbons (Fsp3) is 0.308. The van der Waals surface area contributed by atoms with Crippen molar-refractivity contribution in [3.63, 3.8) is 0 Å². The highest BCUT2D eigenvalue weighted by molar-refractivity contribution is 6.35. The molecule has 4 aromatic rings. The van der Waals surface area contributed by atoms with Gasteiger partial charge in [0.2, 0.25) is 11.7 Å². The molecule has 3 aromatic carbocycles. The van der Waals surface area contributed by atoms with Crippen molar-refractivity contribution >= 4 is 64.5 Å². The minimum atomic E-state index is 0. The quantitative estimate of drug-likeness (QED) is 0.269. The molecule has 0 saturated carbocycles. The monoisotopic (exact) mass is 586 g/mol. The van der Waals surface area contributed by atoms with Gasteiger partial charge in [0.05, 0.1) is 6.42 Å². The Morgan fingerprint density at radius 1 is 0.973 bits per heavy atom. The van der Waals surface area contributed by atoms with Gasteiger partial charge in [-0.15, -0.1) is 24.8 Å². The SMILES string of the molecule is CCN1CCN(c2cccc3ccc(OCc4noc(Cc5ccc(Cl)cc5Cl)n4)cc23)CC1.Cl.Cl.O. The van der Waals surface area contributed by atoms with Gasteiger partial charge in [-0.25, -0.2) is 0 Å². The third-order valence-electron chi connectivity index (χ3n) is 6.23. The van der Waals surface area contributed by atoms with Gasteiger partial charge < -0.3 is 24.5 Å². The molecule has 0 amide bonds. The number of anilines is 1. The number of benzene rings is 3. The molecule has 0 aliphatic carbocycles. The van der Waals surface area contributed by atoms with Crippen LogP contribution < -0.4 is 9.64 Å². The van der Waals surface area contributed by atoms with Crippen molar-refractivity contribution in [1.82, 2.24) is 15.0 Å². The van der Waals surface area contributed by atoms with E-state index in [-0.39, 0.29) is 36.9 Å². The molecule has 1 aromatic heterocycles. The molecular formula is C26H30Cl4N4O3. The summed E-state index contributed by atoms with van der Waals surface area (Å²) in [5.74, 6) is 1.75. The molecule has 0 bridgehead atoms. The number of nitrogens with zero attached hydrogens (tertiary/aromatic N) is 4. The Bertz CT molecular complexity index is 1300. The zero-order chi connectivity index (χ0) is 23.5. The van der Waals surface area contributed by atoms with E-state index >= 15 is 0 Å². The largest absolute Gasteiger partial charge is 0.485 e. The van der Waals surface area contributed by atoms with Gasteiger partial charge in [-0.05, 0) is 47.8 Å². The summed E-state index contributed by atoms with van der Waals surface area (Å²) in [7, 11) is 0. The van der Waals surface area contributed by atoms with Crippen molar-refractivity contribution in [1.29, 1.82) is 0 Å². The molecule has 7 nitrogen and oxygen atoms in total. The van der Waals surface area contributed by atoms with Gasteiger partial charge in [0.15, 0.2) is 6.61 Å². The number of piperazine rings is 1. The predicted octanol–water partition coefficient (Wildman–Crippen LogP) is 5.86. The van der Waals surface area contributed by atoms with Crippen LogP contribution in [0.25, 0.3) is 10.8 Å². The molecule has 1 aliphatic rings. The maximum Gasteiger partial charge on any atom is 0.231 e. The maximum atomic E-state index is 6.25. The van der Waals surface area contributed by atoms with E-state index in [1.807, 2.05) is 12.1 Å². The van der Waals surface area contributed by atoms with Gasteiger partial charge in [-0.3, -0.25) is 0 Å². The van der Waals surface area contributed by atoms with Crippen molar-refractivity contribution in [2.75, 3.05) is 37.6 Å². The van der Waals surface area contributed by atoms with Crippen LogP contribution in [0.4, 0.5) is 5.69 Å². The highest BCUT2D eigenvalue weighted by Gasteiger charge is 2.18. The third-order valence-corrected chi connectivity index (χ3v) is 6.81. The zero-order valence-electron chi connectivity index (χ0n) is 20.3. The van der Waals surface area contributed by atoms with Crippen LogP contribution in [0.5, 0.6) is 5.75 Å². The van der Waals surface area contributed by atoms with Gasteiger partial charge in [0.1, 0.15) is 5.75 Å². The molecule has 0 radical (unpaired) electrons. The van der Waals surface area contributed by atoms with Crippen LogP contribution in [0, 0.1) is 0 Å². The maximum absolute atomic E-state index is 6.25. The summed E-state index contributed by atoms with van der Waals surface area (Å²) >= 11 is 12.2. The lowest BCUT2D eigenvalue weighted by Gasteiger charge is -2.36. The number of fused-ring (bicyclic) bond motifs is 1. The summed E-state index contributed by atoms with van der Waals surface area (Å²) in [5.41, 5.74) is 2.13. The van der Waals surface area contributed by atoms with Crippen molar-refractivity contribution in [3.8, 4) is 5.75 Å². The van der Waals surface area contributed by atoms with Crippen molar-refractivity contribution in [3.05, 3.63) is 81.9 Å². The lowest BCUT2D eigenvalue weighted by atomic mass is 10.1. The first kappa shape index (κ1) is 31.0. The Balaban J connectivity index is 0.00000160. The molecule has 11 heteroatoms. The van der Waals surface area contributed by atoms with E-state index in [1.54, 1.807) is 12.1 Å². The Hall–Kier alpha value is -2.26. The highest BCUT2D eigenvalue weighted by Crippen LogP contribution is 2.31. The van der Waals surface area contributed by atoms with Gasteiger partial charge in [0, 0.05) is 47.3 Å². The molecule has 0 spiro atoms. The summed E-state index contributed by atoms with van der Waals surface area (Å²) in [6.07, 6.45) is 0.438. The molecule has 2 N–H and O–H groups in total. The first-order valence-electron chi connectivity index (χ1n) is 11.5. The van der Waals surface area contributed by atoms with Crippen molar-refractivity contribution in [2.24, 2.45) is 0 Å². The number of hydrogen-bond donors (Lipinski definition) is 0. The van der Waals surface area contributed by atoms with Gasteiger partial charge in [0.25, 0.3) is 0 Å². The summed E-state index contributed by atoms with van der Waals surface area (Å²) in [6, 6.07) is 18.0. The Morgan fingerprint density at radius 3 is 2.49 bits per heavy atom. The van der Waals surface area contributed by atoms with Gasteiger partial charge >= 0.3 is 0 Å². The molecule has 0 atom stereocenters.